The number of para-hydroxylation sites is 1. The van der Waals surface area contributed by atoms with Crippen molar-refractivity contribution in [3.05, 3.63) is 23.9 Å². The SMILES string of the molecule is Cn1nc(C2CCC(=O)NC2=O)c2cccc(NC3CCC4(CC3)CN(C(=O)OC(C)(C)C)C4)c21. The molecule has 35 heavy (non-hydrogen) atoms. The average Bonchev–Trinajstić information content (AvgIpc) is 3.09. The highest BCUT2D eigenvalue weighted by atomic mass is 16.6. The normalized spacial score (nSPS) is 22.7. The lowest BCUT2D eigenvalue weighted by Crippen LogP contribution is -2.60. The number of imide groups is 1. The predicted molar refractivity (Wildman–Crippen MR) is 132 cm³/mol. The molecule has 1 unspecified atom stereocenters. The summed E-state index contributed by atoms with van der Waals surface area (Å²) in [5.41, 5.74) is 2.47. The molecular formula is C26H35N5O4. The van der Waals surface area contributed by atoms with E-state index >= 15 is 0 Å². The molecule has 3 fully saturated rings. The summed E-state index contributed by atoms with van der Waals surface area (Å²) in [6, 6.07) is 6.41. The molecule has 9 heteroatoms. The second-order valence-corrected chi connectivity index (χ2v) is 11.5. The van der Waals surface area contributed by atoms with E-state index in [2.05, 4.69) is 16.7 Å². The number of nitrogens with zero attached hydrogens (tertiary/aromatic N) is 3. The van der Waals surface area contributed by atoms with Gasteiger partial charge in [0.25, 0.3) is 0 Å². The van der Waals surface area contributed by atoms with E-state index in [1.165, 1.54) is 0 Å². The van der Waals surface area contributed by atoms with Crippen LogP contribution in [0.15, 0.2) is 18.2 Å². The van der Waals surface area contributed by atoms with Crippen LogP contribution < -0.4 is 10.6 Å². The molecular weight excluding hydrogens is 446 g/mol. The van der Waals surface area contributed by atoms with Gasteiger partial charge in [-0.3, -0.25) is 19.6 Å². The topological polar surface area (TPSA) is 106 Å². The molecule has 1 aromatic heterocycles. The van der Waals surface area contributed by atoms with Gasteiger partial charge in [0.05, 0.1) is 22.8 Å². The van der Waals surface area contributed by atoms with Gasteiger partial charge in [0.1, 0.15) is 5.60 Å². The average molecular weight is 482 g/mol. The van der Waals surface area contributed by atoms with Crippen LogP contribution in [0.5, 0.6) is 0 Å². The van der Waals surface area contributed by atoms with Crippen molar-refractivity contribution >= 4 is 34.5 Å². The predicted octanol–water partition coefficient (Wildman–Crippen LogP) is 3.69. The molecule has 1 atom stereocenters. The van der Waals surface area contributed by atoms with Gasteiger partial charge in [-0.05, 0) is 58.9 Å². The number of amides is 3. The zero-order valence-electron chi connectivity index (χ0n) is 21.0. The van der Waals surface area contributed by atoms with E-state index in [1.807, 2.05) is 49.5 Å². The number of ether oxygens (including phenoxy) is 1. The summed E-state index contributed by atoms with van der Waals surface area (Å²) >= 11 is 0. The van der Waals surface area contributed by atoms with Crippen molar-refractivity contribution in [3.63, 3.8) is 0 Å². The first-order chi connectivity index (χ1) is 16.5. The van der Waals surface area contributed by atoms with Crippen LogP contribution in [0.3, 0.4) is 0 Å². The first-order valence-corrected chi connectivity index (χ1v) is 12.6. The number of rotatable bonds is 3. The molecule has 3 heterocycles. The van der Waals surface area contributed by atoms with E-state index in [0.29, 0.717) is 18.9 Å². The summed E-state index contributed by atoms with van der Waals surface area (Å²) in [5.74, 6) is -0.893. The number of carbonyl (C=O) groups excluding carboxylic acids is 3. The Labute approximate surface area is 205 Å². The first-order valence-electron chi connectivity index (χ1n) is 12.6. The Bertz CT molecular complexity index is 1160. The van der Waals surface area contributed by atoms with E-state index in [4.69, 9.17) is 9.84 Å². The number of aromatic nitrogens is 2. The Balaban J connectivity index is 1.24. The minimum atomic E-state index is -0.466. The van der Waals surface area contributed by atoms with E-state index in [1.54, 1.807) is 0 Å². The van der Waals surface area contributed by atoms with Crippen molar-refractivity contribution in [2.24, 2.45) is 12.5 Å². The number of anilines is 1. The van der Waals surface area contributed by atoms with Gasteiger partial charge < -0.3 is 15.0 Å². The maximum Gasteiger partial charge on any atom is 0.410 e. The van der Waals surface area contributed by atoms with Crippen LogP contribution in [0.1, 0.15) is 70.9 Å². The molecule has 5 rings (SSSR count). The summed E-state index contributed by atoms with van der Waals surface area (Å²) < 4.78 is 7.35. The third kappa shape index (κ3) is 4.60. The van der Waals surface area contributed by atoms with Gasteiger partial charge in [-0.15, -0.1) is 0 Å². The molecule has 3 amide bonds. The molecule has 2 aromatic rings. The number of likely N-dealkylation sites (tertiary alicyclic amines) is 1. The van der Waals surface area contributed by atoms with Crippen molar-refractivity contribution in [1.29, 1.82) is 0 Å². The lowest BCUT2D eigenvalue weighted by molar-refractivity contribution is -0.134. The number of hydrogen-bond acceptors (Lipinski definition) is 6. The Morgan fingerprint density at radius 1 is 1.17 bits per heavy atom. The molecule has 0 bridgehead atoms. The fourth-order valence-electron chi connectivity index (χ4n) is 5.82. The number of carbonyl (C=O) groups is 3. The van der Waals surface area contributed by atoms with Crippen molar-refractivity contribution in [2.75, 3.05) is 18.4 Å². The highest BCUT2D eigenvalue weighted by Gasteiger charge is 2.48. The van der Waals surface area contributed by atoms with Crippen LogP contribution in [-0.2, 0) is 21.4 Å². The molecule has 2 N–H and O–H groups in total. The zero-order chi connectivity index (χ0) is 25.0. The standard InChI is InChI=1S/C26H35N5O4/c1-25(2,3)35-24(34)31-14-26(15-31)12-10-16(11-13-26)27-19-7-5-6-17-21(29-30(4)22(17)19)18-8-9-20(32)28-23(18)33/h5-7,16,18,27H,8-15H2,1-4H3,(H,28,32,33). The van der Waals surface area contributed by atoms with Crippen LogP contribution in [0, 0.1) is 5.41 Å². The van der Waals surface area contributed by atoms with Gasteiger partial charge in [0.15, 0.2) is 0 Å². The quantitative estimate of drug-likeness (QED) is 0.648. The number of fused-ring (bicyclic) bond motifs is 1. The smallest absolute Gasteiger partial charge is 0.410 e. The van der Waals surface area contributed by atoms with Gasteiger partial charge in [0.2, 0.25) is 11.8 Å². The first kappa shape index (κ1) is 23.6. The number of benzene rings is 1. The van der Waals surface area contributed by atoms with Crippen molar-refractivity contribution in [1.82, 2.24) is 20.0 Å². The summed E-state index contributed by atoms with van der Waals surface area (Å²) in [6.07, 6.45) is 4.84. The fourth-order valence-corrected chi connectivity index (χ4v) is 5.82. The lowest BCUT2D eigenvalue weighted by Gasteiger charge is -2.53. The Kier molecular flexibility index (Phi) is 5.76. The van der Waals surface area contributed by atoms with Gasteiger partial charge in [-0.25, -0.2) is 4.79 Å². The minimum Gasteiger partial charge on any atom is -0.444 e. The number of hydrogen-bond donors (Lipinski definition) is 2. The van der Waals surface area contributed by atoms with Gasteiger partial charge in [0, 0.05) is 43.4 Å². The van der Waals surface area contributed by atoms with Gasteiger partial charge >= 0.3 is 6.09 Å². The number of piperidine rings is 1. The molecule has 9 nitrogen and oxygen atoms in total. The van der Waals surface area contributed by atoms with E-state index in [9.17, 15) is 14.4 Å². The number of nitrogens with one attached hydrogen (secondary N) is 2. The van der Waals surface area contributed by atoms with E-state index in [0.717, 1.165) is 61.1 Å². The van der Waals surface area contributed by atoms with Crippen LogP contribution in [0.25, 0.3) is 10.9 Å². The van der Waals surface area contributed by atoms with Crippen LogP contribution in [-0.4, -0.2) is 57.3 Å². The lowest BCUT2D eigenvalue weighted by atomic mass is 9.67. The largest absolute Gasteiger partial charge is 0.444 e. The fraction of sp³-hybridized carbons (Fsp3) is 0.615. The maximum atomic E-state index is 12.5. The molecule has 0 radical (unpaired) electrons. The Morgan fingerprint density at radius 3 is 2.54 bits per heavy atom. The molecule has 2 aliphatic heterocycles. The molecule has 2 saturated heterocycles. The van der Waals surface area contributed by atoms with Crippen molar-refractivity contribution in [3.8, 4) is 0 Å². The van der Waals surface area contributed by atoms with Crippen molar-refractivity contribution in [2.45, 2.75) is 76.9 Å². The molecule has 1 aliphatic carbocycles. The highest BCUT2D eigenvalue weighted by Crippen LogP contribution is 2.45. The summed E-state index contributed by atoms with van der Waals surface area (Å²) in [5, 5.41) is 11.8. The summed E-state index contributed by atoms with van der Waals surface area (Å²) in [6.45, 7) is 7.25. The van der Waals surface area contributed by atoms with E-state index in [-0.39, 0.29) is 23.3 Å². The minimum absolute atomic E-state index is 0.210. The second kappa shape index (κ2) is 8.53. The third-order valence-corrected chi connectivity index (χ3v) is 7.57. The van der Waals surface area contributed by atoms with E-state index < -0.39 is 11.5 Å². The van der Waals surface area contributed by atoms with Gasteiger partial charge in [-0.2, -0.15) is 5.10 Å². The molecule has 188 valence electrons. The second-order valence-electron chi connectivity index (χ2n) is 11.5. The molecule has 1 saturated carbocycles. The van der Waals surface area contributed by atoms with Crippen LogP contribution in [0.4, 0.5) is 10.5 Å². The van der Waals surface area contributed by atoms with Crippen LogP contribution >= 0.6 is 0 Å². The van der Waals surface area contributed by atoms with Gasteiger partial charge in [-0.1, -0.05) is 12.1 Å². The van der Waals surface area contributed by atoms with Crippen molar-refractivity contribution < 1.29 is 19.1 Å². The van der Waals surface area contributed by atoms with Crippen LogP contribution in [0.2, 0.25) is 0 Å². The Morgan fingerprint density at radius 2 is 1.89 bits per heavy atom. The zero-order valence-corrected chi connectivity index (χ0v) is 21.0. The maximum absolute atomic E-state index is 12.5. The third-order valence-electron chi connectivity index (χ3n) is 7.57. The monoisotopic (exact) mass is 481 g/mol. The summed E-state index contributed by atoms with van der Waals surface area (Å²) in [7, 11) is 1.90. The molecule has 1 aromatic carbocycles. The Hall–Kier alpha value is -3.10. The number of aryl methyl sites for hydroxylation is 1. The highest BCUT2D eigenvalue weighted by molar-refractivity contribution is 6.03. The summed E-state index contributed by atoms with van der Waals surface area (Å²) in [4.78, 5) is 38.2. The molecule has 3 aliphatic rings. The molecule has 1 spiro atoms.